The summed E-state index contributed by atoms with van der Waals surface area (Å²) in [6, 6.07) is 10.1. The molecule has 0 saturated heterocycles. The Bertz CT molecular complexity index is 813. The smallest absolute Gasteiger partial charge is 0.342 e. The predicted octanol–water partition coefficient (Wildman–Crippen LogP) is 4.07. The van der Waals surface area contributed by atoms with Crippen LogP contribution in [0.2, 0.25) is 0 Å². The van der Waals surface area contributed by atoms with Gasteiger partial charge in [-0.05, 0) is 61.6 Å². The molecule has 0 bridgehead atoms. The molecule has 1 aliphatic rings. The molecule has 0 unspecified atom stereocenters. The lowest BCUT2D eigenvalue weighted by Gasteiger charge is -2.14. The quantitative estimate of drug-likeness (QED) is 0.633. The zero-order chi connectivity index (χ0) is 17.3. The number of benzene rings is 2. The lowest BCUT2D eigenvalue weighted by molar-refractivity contribution is 0.0316. The number of rotatable bonds is 4. The number of hydrogen-bond donors (Lipinski definition) is 1. The molecule has 0 spiro atoms. The van der Waals surface area contributed by atoms with Crippen molar-refractivity contribution in [3.8, 4) is 5.75 Å². The average molecular weight is 389 g/mol. The Balaban J connectivity index is 1.74. The number of Topliss-reactive ketones (excluding diaryl/α,β-unsaturated/α-hetero) is 1. The summed E-state index contributed by atoms with van der Waals surface area (Å²) >= 11 is 3.24. The van der Waals surface area contributed by atoms with Crippen molar-refractivity contribution in [2.45, 2.75) is 32.3 Å². The van der Waals surface area contributed by atoms with Crippen LogP contribution in [0.5, 0.6) is 5.75 Å². The first-order valence-electron chi connectivity index (χ1n) is 7.81. The first-order chi connectivity index (χ1) is 11.5. The summed E-state index contributed by atoms with van der Waals surface area (Å²) in [5, 5.41) is 9.77. The van der Waals surface area contributed by atoms with Gasteiger partial charge in [-0.15, -0.1) is 0 Å². The van der Waals surface area contributed by atoms with Gasteiger partial charge < -0.3 is 9.84 Å². The average Bonchev–Trinajstić information content (AvgIpc) is 3.03. The minimum absolute atomic E-state index is 0.0259. The van der Waals surface area contributed by atoms with E-state index in [1.807, 2.05) is 12.1 Å². The van der Waals surface area contributed by atoms with Crippen LogP contribution < -0.4 is 0 Å². The topological polar surface area (TPSA) is 63.6 Å². The molecule has 0 heterocycles. The molecule has 0 amide bonds. The van der Waals surface area contributed by atoms with E-state index in [0.717, 1.165) is 19.3 Å². The fourth-order valence-electron chi connectivity index (χ4n) is 2.91. The number of ether oxygens (including phenoxy) is 1. The monoisotopic (exact) mass is 388 g/mol. The second-order valence-corrected chi connectivity index (χ2v) is 6.83. The van der Waals surface area contributed by atoms with Crippen LogP contribution in [0.1, 0.15) is 45.2 Å². The second-order valence-electron chi connectivity index (χ2n) is 5.91. The predicted molar refractivity (Wildman–Crippen MR) is 93.5 cm³/mol. The van der Waals surface area contributed by atoms with Gasteiger partial charge in [0, 0.05) is 10.0 Å². The third-order valence-electron chi connectivity index (χ3n) is 4.21. The van der Waals surface area contributed by atoms with Crippen molar-refractivity contribution in [3.63, 3.8) is 0 Å². The Hall–Kier alpha value is -2.14. The molecule has 0 radical (unpaired) electrons. The lowest BCUT2D eigenvalue weighted by atomic mass is 10.0. The van der Waals surface area contributed by atoms with Crippen LogP contribution in [0.15, 0.2) is 40.9 Å². The van der Waals surface area contributed by atoms with Crippen LogP contribution in [0, 0.1) is 0 Å². The van der Waals surface area contributed by atoms with E-state index >= 15 is 0 Å². The number of aryl methyl sites for hydroxylation is 2. The number of carbonyl (C=O) groups excluding carboxylic acids is 2. The molecule has 24 heavy (non-hydrogen) atoms. The fraction of sp³-hybridized carbons (Fsp3) is 0.263. The first-order valence-corrected chi connectivity index (χ1v) is 8.60. The maximum absolute atomic E-state index is 12.5. The maximum Gasteiger partial charge on any atom is 0.342 e. The van der Waals surface area contributed by atoms with Gasteiger partial charge in [-0.2, -0.15) is 0 Å². The second kappa shape index (κ2) is 6.77. The van der Waals surface area contributed by atoms with Crippen LogP contribution in [-0.2, 0) is 17.6 Å². The van der Waals surface area contributed by atoms with Gasteiger partial charge in [-0.1, -0.05) is 28.1 Å². The number of carbonyl (C=O) groups is 2. The van der Waals surface area contributed by atoms with Gasteiger partial charge in [0.2, 0.25) is 5.78 Å². The summed E-state index contributed by atoms with van der Waals surface area (Å²) in [6.45, 7) is 1.54. The highest BCUT2D eigenvalue weighted by molar-refractivity contribution is 9.10. The number of phenolic OH excluding ortho intramolecular Hbond substituents is 1. The summed E-state index contributed by atoms with van der Waals surface area (Å²) in [7, 11) is 0. The van der Waals surface area contributed by atoms with Crippen molar-refractivity contribution in [2.24, 2.45) is 0 Å². The van der Waals surface area contributed by atoms with Gasteiger partial charge in [0.1, 0.15) is 11.3 Å². The van der Waals surface area contributed by atoms with Gasteiger partial charge in [0.15, 0.2) is 6.10 Å². The molecule has 0 saturated carbocycles. The maximum atomic E-state index is 12.5. The fourth-order valence-corrected chi connectivity index (χ4v) is 3.27. The number of fused-ring (bicyclic) bond motifs is 1. The summed E-state index contributed by atoms with van der Waals surface area (Å²) in [5.74, 6) is -1.15. The summed E-state index contributed by atoms with van der Waals surface area (Å²) in [6.07, 6.45) is 2.22. The molecule has 3 rings (SSSR count). The molecule has 1 N–H and O–H groups in total. The third-order valence-corrected chi connectivity index (χ3v) is 4.71. The van der Waals surface area contributed by atoms with Gasteiger partial charge in [-0.3, -0.25) is 4.79 Å². The number of halogens is 1. The number of phenols is 1. The van der Waals surface area contributed by atoms with Crippen molar-refractivity contribution in [1.29, 1.82) is 0 Å². The van der Waals surface area contributed by atoms with Crippen molar-refractivity contribution in [3.05, 3.63) is 63.1 Å². The highest BCUT2D eigenvalue weighted by Crippen LogP contribution is 2.25. The van der Waals surface area contributed by atoms with E-state index in [1.165, 1.54) is 23.3 Å². The highest BCUT2D eigenvalue weighted by Gasteiger charge is 2.23. The number of ketones is 1. The molecule has 1 atom stereocenters. The van der Waals surface area contributed by atoms with E-state index in [9.17, 15) is 14.7 Å². The Morgan fingerprint density at radius 3 is 2.67 bits per heavy atom. The summed E-state index contributed by atoms with van der Waals surface area (Å²) < 4.78 is 5.88. The molecular weight excluding hydrogens is 372 g/mol. The molecule has 0 aliphatic heterocycles. The molecule has 5 heteroatoms. The van der Waals surface area contributed by atoms with Crippen LogP contribution in [-0.4, -0.2) is 23.0 Å². The van der Waals surface area contributed by atoms with Gasteiger partial charge >= 0.3 is 5.97 Å². The van der Waals surface area contributed by atoms with E-state index < -0.39 is 12.1 Å². The number of hydrogen-bond acceptors (Lipinski definition) is 4. The zero-order valence-corrected chi connectivity index (χ0v) is 14.8. The SMILES string of the molecule is C[C@@H](OC(=O)c1cc(Br)ccc1O)C(=O)c1ccc2c(c1)CCC2. The van der Waals surface area contributed by atoms with Crippen LogP contribution in [0.4, 0.5) is 0 Å². The number of esters is 1. The van der Waals surface area contributed by atoms with Crippen molar-refractivity contribution >= 4 is 27.7 Å². The molecule has 2 aromatic rings. The van der Waals surface area contributed by atoms with E-state index in [-0.39, 0.29) is 17.1 Å². The van der Waals surface area contributed by atoms with E-state index in [4.69, 9.17) is 4.74 Å². The molecule has 0 aromatic heterocycles. The van der Waals surface area contributed by atoms with E-state index in [1.54, 1.807) is 19.1 Å². The largest absolute Gasteiger partial charge is 0.507 e. The van der Waals surface area contributed by atoms with E-state index in [2.05, 4.69) is 15.9 Å². The molecule has 0 fully saturated rings. The minimum atomic E-state index is -0.921. The molecular formula is C19H17BrO4. The van der Waals surface area contributed by atoms with Crippen molar-refractivity contribution < 1.29 is 19.4 Å². The standard InChI is InChI=1S/C19H17BrO4/c1-11(24-19(23)16-10-15(20)7-8-17(16)21)18(22)14-6-5-12-3-2-4-13(12)9-14/h5-11,21H,2-4H2,1H3/t11-/m1/s1. The van der Waals surface area contributed by atoms with Gasteiger partial charge in [0.05, 0.1) is 0 Å². The minimum Gasteiger partial charge on any atom is -0.507 e. The third kappa shape index (κ3) is 3.36. The summed E-state index contributed by atoms with van der Waals surface area (Å²) in [4.78, 5) is 24.7. The Labute approximate surface area is 148 Å². The Kier molecular flexibility index (Phi) is 4.71. The molecule has 124 valence electrons. The zero-order valence-electron chi connectivity index (χ0n) is 13.2. The van der Waals surface area contributed by atoms with E-state index in [0.29, 0.717) is 10.0 Å². The lowest BCUT2D eigenvalue weighted by Crippen LogP contribution is -2.24. The Morgan fingerprint density at radius 1 is 1.12 bits per heavy atom. The molecule has 2 aromatic carbocycles. The molecule has 4 nitrogen and oxygen atoms in total. The summed E-state index contributed by atoms with van der Waals surface area (Å²) in [5.41, 5.74) is 3.06. The number of aromatic hydroxyl groups is 1. The van der Waals surface area contributed by atoms with Gasteiger partial charge in [0.25, 0.3) is 0 Å². The van der Waals surface area contributed by atoms with Crippen molar-refractivity contribution in [2.75, 3.05) is 0 Å². The van der Waals surface area contributed by atoms with Crippen LogP contribution >= 0.6 is 15.9 Å². The van der Waals surface area contributed by atoms with Crippen LogP contribution in [0.3, 0.4) is 0 Å². The van der Waals surface area contributed by atoms with Crippen molar-refractivity contribution in [1.82, 2.24) is 0 Å². The van der Waals surface area contributed by atoms with Gasteiger partial charge in [-0.25, -0.2) is 4.79 Å². The Morgan fingerprint density at radius 2 is 1.88 bits per heavy atom. The highest BCUT2D eigenvalue weighted by atomic mass is 79.9. The normalized spacial score (nSPS) is 14.1. The molecule has 1 aliphatic carbocycles. The van der Waals surface area contributed by atoms with Crippen LogP contribution in [0.25, 0.3) is 0 Å². The first kappa shape index (κ1) is 16.7.